The second-order valence-electron chi connectivity index (χ2n) is 4.70. The van der Waals surface area contributed by atoms with E-state index in [4.69, 9.17) is 9.47 Å². The van der Waals surface area contributed by atoms with E-state index in [0.717, 1.165) is 13.1 Å². The molecule has 1 fully saturated rings. The summed E-state index contributed by atoms with van der Waals surface area (Å²) in [6.07, 6.45) is 1.24. The zero-order valence-corrected chi connectivity index (χ0v) is 12.5. The Morgan fingerprint density at radius 2 is 1.65 bits per heavy atom. The van der Waals surface area contributed by atoms with Crippen molar-refractivity contribution in [2.24, 2.45) is 0 Å². The number of anilines is 1. The van der Waals surface area contributed by atoms with E-state index in [2.05, 4.69) is 10.0 Å². The van der Waals surface area contributed by atoms with Crippen LogP contribution in [0.3, 0.4) is 0 Å². The van der Waals surface area contributed by atoms with Crippen LogP contribution in [0.15, 0.2) is 18.2 Å². The van der Waals surface area contributed by atoms with Gasteiger partial charge in [-0.15, -0.1) is 0 Å². The summed E-state index contributed by atoms with van der Waals surface area (Å²) in [5, 5.41) is 2.79. The first-order chi connectivity index (χ1) is 9.55. The lowest BCUT2D eigenvalue weighted by atomic mass is 10.2. The molecule has 2 N–H and O–H groups in total. The standard InChI is InChI=1S/C13H20N2O4S/c1-18-11-7-10(8-12(9-11)19-2)15-20(16,17)13-3-5-14-6-4-13/h7-9,13-15H,3-6H2,1-2H3. The van der Waals surface area contributed by atoms with Crippen molar-refractivity contribution in [3.8, 4) is 11.5 Å². The van der Waals surface area contributed by atoms with Crippen molar-refractivity contribution in [1.82, 2.24) is 5.32 Å². The number of hydrogen-bond acceptors (Lipinski definition) is 5. The van der Waals surface area contributed by atoms with E-state index in [9.17, 15) is 8.42 Å². The van der Waals surface area contributed by atoms with E-state index in [1.807, 2.05) is 0 Å². The minimum Gasteiger partial charge on any atom is -0.497 e. The quantitative estimate of drug-likeness (QED) is 0.854. The highest BCUT2D eigenvalue weighted by atomic mass is 32.2. The molecule has 2 rings (SSSR count). The Kier molecular flexibility index (Phi) is 4.72. The van der Waals surface area contributed by atoms with Crippen LogP contribution in [-0.2, 0) is 10.0 Å². The summed E-state index contributed by atoms with van der Waals surface area (Å²) in [7, 11) is -0.332. The molecule has 0 spiro atoms. The van der Waals surface area contributed by atoms with Gasteiger partial charge in [0.1, 0.15) is 11.5 Å². The third kappa shape index (κ3) is 3.55. The molecule has 0 saturated carbocycles. The number of rotatable bonds is 5. The van der Waals surface area contributed by atoms with Gasteiger partial charge in [0.25, 0.3) is 0 Å². The molecule has 0 unspecified atom stereocenters. The average molecular weight is 300 g/mol. The Labute approximate surface area is 119 Å². The topological polar surface area (TPSA) is 76.7 Å². The first-order valence-electron chi connectivity index (χ1n) is 6.50. The fourth-order valence-electron chi connectivity index (χ4n) is 2.22. The van der Waals surface area contributed by atoms with Crippen molar-refractivity contribution >= 4 is 15.7 Å². The van der Waals surface area contributed by atoms with Gasteiger partial charge < -0.3 is 14.8 Å². The molecule has 1 saturated heterocycles. The maximum absolute atomic E-state index is 12.3. The predicted octanol–water partition coefficient (Wildman–Crippen LogP) is 1.20. The molecule has 1 aliphatic rings. The molecule has 0 amide bonds. The van der Waals surface area contributed by atoms with Gasteiger partial charge in [0.15, 0.2) is 0 Å². The van der Waals surface area contributed by atoms with Gasteiger partial charge in [-0.05, 0) is 25.9 Å². The molecule has 1 aliphatic heterocycles. The SMILES string of the molecule is COc1cc(NS(=O)(=O)C2CCNCC2)cc(OC)c1. The highest BCUT2D eigenvalue weighted by Gasteiger charge is 2.27. The number of hydrogen-bond donors (Lipinski definition) is 2. The van der Waals surface area contributed by atoms with Crippen LogP contribution in [0.25, 0.3) is 0 Å². The van der Waals surface area contributed by atoms with Crippen LogP contribution in [-0.4, -0.2) is 41.0 Å². The highest BCUT2D eigenvalue weighted by molar-refractivity contribution is 7.93. The second-order valence-corrected chi connectivity index (χ2v) is 6.66. The normalized spacial score (nSPS) is 16.7. The molecular formula is C13H20N2O4S. The molecule has 20 heavy (non-hydrogen) atoms. The Balaban J connectivity index is 2.19. The number of benzene rings is 1. The Morgan fingerprint density at radius 3 is 2.15 bits per heavy atom. The van der Waals surface area contributed by atoms with Gasteiger partial charge in [-0.3, -0.25) is 4.72 Å². The van der Waals surface area contributed by atoms with Gasteiger partial charge in [0.2, 0.25) is 10.0 Å². The van der Waals surface area contributed by atoms with Crippen LogP contribution in [0.5, 0.6) is 11.5 Å². The van der Waals surface area contributed by atoms with E-state index in [1.165, 1.54) is 14.2 Å². The first-order valence-corrected chi connectivity index (χ1v) is 8.05. The van der Waals surface area contributed by atoms with Gasteiger partial charge in [-0.1, -0.05) is 0 Å². The second kappa shape index (κ2) is 6.32. The van der Waals surface area contributed by atoms with Crippen LogP contribution >= 0.6 is 0 Å². The molecular weight excluding hydrogens is 280 g/mol. The fourth-order valence-corrected chi connectivity index (χ4v) is 3.69. The molecule has 0 atom stereocenters. The van der Waals surface area contributed by atoms with E-state index < -0.39 is 10.0 Å². The van der Waals surface area contributed by atoms with Gasteiger partial charge in [0, 0.05) is 18.2 Å². The number of piperidine rings is 1. The smallest absolute Gasteiger partial charge is 0.235 e. The third-order valence-electron chi connectivity index (χ3n) is 3.34. The van der Waals surface area contributed by atoms with Crippen molar-refractivity contribution in [2.75, 3.05) is 32.0 Å². The number of nitrogens with one attached hydrogen (secondary N) is 2. The molecule has 6 nitrogen and oxygen atoms in total. The van der Waals surface area contributed by atoms with Crippen LogP contribution in [0.1, 0.15) is 12.8 Å². The maximum Gasteiger partial charge on any atom is 0.235 e. The monoisotopic (exact) mass is 300 g/mol. The van der Waals surface area contributed by atoms with Gasteiger partial charge in [-0.2, -0.15) is 0 Å². The molecule has 0 aromatic heterocycles. The Bertz CT molecular complexity index is 531. The van der Waals surface area contributed by atoms with E-state index >= 15 is 0 Å². The molecule has 1 aromatic carbocycles. The lowest BCUT2D eigenvalue weighted by Crippen LogP contribution is -2.38. The zero-order chi connectivity index (χ0) is 14.6. The number of ether oxygens (including phenoxy) is 2. The fraction of sp³-hybridized carbons (Fsp3) is 0.538. The van der Waals surface area contributed by atoms with Crippen molar-refractivity contribution < 1.29 is 17.9 Å². The first kappa shape index (κ1) is 14.9. The van der Waals surface area contributed by atoms with Crippen molar-refractivity contribution in [1.29, 1.82) is 0 Å². The predicted molar refractivity (Wildman–Crippen MR) is 78.0 cm³/mol. The van der Waals surface area contributed by atoms with Crippen LogP contribution in [0.4, 0.5) is 5.69 Å². The molecule has 0 aliphatic carbocycles. The van der Waals surface area contributed by atoms with Gasteiger partial charge >= 0.3 is 0 Å². The Morgan fingerprint density at radius 1 is 1.10 bits per heavy atom. The van der Waals surface area contributed by atoms with Crippen molar-refractivity contribution in [3.63, 3.8) is 0 Å². The molecule has 112 valence electrons. The largest absolute Gasteiger partial charge is 0.497 e. The zero-order valence-electron chi connectivity index (χ0n) is 11.7. The van der Waals surface area contributed by atoms with Crippen LogP contribution < -0.4 is 19.5 Å². The molecule has 7 heteroatoms. The summed E-state index contributed by atoms with van der Waals surface area (Å²) in [4.78, 5) is 0. The Hall–Kier alpha value is -1.47. The van der Waals surface area contributed by atoms with E-state index in [-0.39, 0.29) is 5.25 Å². The minimum absolute atomic E-state index is 0.360. The minimum atomic E-state index is -3.39. The van der Waals surface area contributed by atoms with E-state index in [0.29, 0.717) is 30.0 Å². The summed E-state index contributed by atoms with van der Waals surface area (Å²) in [5.74, 6) is 1.10. The number of methoxy groups -OCH3 is 2. The van der Waals surface area contributed by atoms with E-state index in [1.54, 1.807) is 18.2 Å². The summed E-state index contributed by atoms with van der Waals surface area (Å²) in [5.41, 5.74) is 0.458. The summed E-state index contributed by atoms with van der Waals surface area (Å²) < 4.78 is 37.6. The highest BCUT2D eigenvalue weighted by Crippen LogP contribution is 2.27. The van der Waals surface area contributed by atoms with Crippen molar-refractivity contribution in [3.05, 3.63) is 18.2 Å². The van der Waals surface area contributed by atoms with Gasteiger partial charge in [-0.25, -0.2) is 8.42 Å². The van der Waals surface area contributed by atoms with Gasteiger partial charge in [0.05, 0.1) is 25.2 Å². The summed E-state index contributed by atoms with van der Waals surface area (Å²) in [6, 6.07) is 4.98. The van der Waals surface area contributed by atoms with Crippen molar-refractivity contribution in [2.45, 2.75) is 18.1 Å². The number of sulfonamides is 1. The lowest BCUT2D eigenvalue weighted by Gasteiger charge is -2.23. The molecule has 1 aromatic rings. The molecule has 0 bridgehead atoms. The lowest BCUT2D eigenvalue weighted by molar-refractivity contribution is 0.395. The van der Waals surface area contributed by atoms with Crippen LogP contribution in [0.2, 0.25) is 0 Å². The average Bonchev–Trinajstić information content (AvgIpc) is 2.47. The molecule has 1 heterocycles. The third-order valence-corrected chi connectivity index (χ3v) is 5.21. The maximum atomic E-state index is 12.3. The molecule has 0 radical (unpaired) electrons. The summed E-state index contributed by atoms with van der Waals surface area (Å²) in [6.45, 7) is 1.46. The summed E-state index contributed by atoms with van der Waals surface area (Å²) >= 11 is 0. The van der Waals surface area contributed by atoms with Crippen LogP contribution in [0, 0.1) is 0 Å².